The third kappa shape index (κ3) is 5.66. The number of esters is 1. The summed E-state index contributed by atoms with van der Waals surface area (Å²) in [5.41, 5.74) is 2.10. The largest absolute Gasteiger partial charge is 0.462 e. The normalized spacial score (nSPS) is 14.7. The molecule has 0 bridgehead atoms. The number of hydrogen-bond acceptors (Lipinski definition) is 4. The highest BCUT2D eigenvalue weighted by molar-refractivity contribution is 5.94. The van der Waals surface area contributed by atoms with Crippen molar-refractivity contribution in [1.82, 2.24) is 14.4 Å². The Morgan fingerprint density at radius 2 is 1.78 bits per heavy atom. The van der Waals surface area contributed by atoms with Gasteiger partial charge in [-0.05, 0) is 63.2 Å². The number of amides is 3. The highest BCUT2D eigenvalue weighted by Gasteiger charge is 2.35. The number of carbonyl (C=O) groups excluding carboxylic acids is 3. The van der Waals surface area contributed by atoms with Crippen LogP contribution in [0.2, 0.25) is 0 Å². The maximum atomic E-state index is 14.8. The maximum absolute atomic E-state index is 14.8. The first-order chi connectivity index (χ1) is 17.8. The Kier molecular flexibility index (Phi) is 7.91. The summed E-state index contributed by atoms with van der Waals surface area (Å²) < 4.78 is 21.8. The molecule has 0 radical (unpaired) electrons. The first kappa shape index (κ1) is 25.9. The number of aromatic nitrogens is 1. The van der Waals surface area contributed by atoms with E-state index in [0.717, 1.165) is 5.69 Å². The van der Waals surface area contributed by atoms with Crippen molar-refractivity contribution < 1.29 is 23.5 Å². The van der Waals surface area contributed by atoms with Gasteiger partial charge in [-0.1, -0.05) is 18.2 Å². The number of urea groups is 1. The Balaban J connectivity index is 1.51. The predicted octanol–water partition coefficient (Wildman–Crippen LogP) is 4.68. The van der Waals surface area contributed by atoms with E-state index in [1.807, 2.05) is 36.7 Å². The average molecular weight is 507 g/mol. The van der Waals surface area contributed by atoms with Crippen molar-refractivity contribution in [2.45, 2.75) is 39.4 Å². The molecule has 2 heterocycles. The monoisotopic (exact) mass is 506 g/mol. The molecule has 1 aliphatic heterocycles. The summed E-state index contributed by atoms with van der Waals surface area (Å²) in [4.78, 5) is 41.7. The zero-order valence-electron chi connectivity index (χ0n) is 21.2. The topological polar surface area (TPSA) is 83.9 Å². The number of benzene rings is 2. The molecule has 1 N–H and O–H groups in total. The van der Waals surface area contributed by atoms with Gasteiger partial charge in [0.2, 0.25) is 5.91 Å². The summed E-state index contributed by atoms with van der Waals surface area (Å²) in [6, 6.07) is 15.3. The van der Waals surface area contributed by atoms with E-state index in [9.17, 15) is 18.8 Å². The average Bonchev–Trinajstić information content (AvgIpc) is 3.36. The van der Waals surface area contributed by atoms with Gasteiger partial charge >= 0.3 is 12.0 Å². The van der Waals surface area contributed by atoms with Crippen LogP contribution in [0.5, 0.6) is 0 Å². The molecule has 8 nitrogen and oxygen atoms in total. The zero-order chi connectivity index (χ0) is 26.5. The van der Waals surface area contributed by atoms with E-state index < -0.39 is 18.0 Å². The van der Waals surface area contributed by atoms with E-state index in [4.69, 9.17) is 4.74 Å². The van der Waals surface area contributed by atoms with Gasteiger partial charge in [-0.15, -0.1) is 0 Å². The lowest BCUT2D eigenvalue weighted by atomic mass is 9.99. The molecule has 0 spiro atoms. The molecule has 1 unspecified atom stereocenters. The lowest BCUT2D eigenvalue weighted by Crippen LogP contribution is -2.50. The van der Waals surface area contributed by atoms with Crippen molar-refractivity contribution in [3.8, 4) is 0 Å². The second-order valence-corrected chi connectivity index (χ2v) is 9.09. The fourth-order valence-corrected chi connectivity index (χ4v) is 4.50. The number of fused-ring (bicyclic) bond motifs is 1. The quantitative estimate of drug-likeness (QED) is 0.472. The molecule has 37 heavy (non-hydrogen) atoms. The molecule has 0 saturated carbocycles. The van der Waals surface area contributed by atoms with E-state index in [1.54, 1.807) is 54.3 Å². The lowest BCUT2D eigenvalue weighted by Gasteiger charge is -2.39. The van der Waals surface area contributed by atoms with Crippen molar-refractivity contribution >= 4 is 23.6 Å². The first-order valence-electron chi connectivity index (χ1n) is 12.3. The number of hydrogen-bond donors (Lipinski definition) is 1. The molecule has 1 atom stereocenters. The number of nitrogens with one attached hydrogen (secondary N) is 1. The van der Waals surface area contributed by atoms with Crippen LogP contribution in [0.4, 0.5) is 14.9 Å². The van der Waals surface area contributed by atoms with Gasteiger partial charge in [-0.25, -0.2) is 14.0 Å². The van der Waals surface area contributed by atoms with E-state index in [-0.39, 0.29) is 30.9 Å². The first-order valence-corrected chi connectivity index (χ1v) is 12.3. The minimum absolute atomic E-state index is 0.171. The van der Waals surface area contributed by atoms with Crippen molar-refractivity contribution in [2.75, 3.05) is 25.0 Å². The van der Waals surface area contributed by atoms with Gasteiger partial charge in [-0.3, -0.25) is 4.79 Å². The zero-order valence-corrected chi connectivity index (χ0v) is 21.2. The Morgan fingerprint density at radius 3 is 2.46 bits per heavy atom. The molecule has 9 heteroatoms. The van der Waals surface area contributed by atoms with E-state index in [1.165, 1.54) is 11.0 Å². The number of nitrogens with zero attached hydrogens (tertiary/aromatic N) is 3. The van der Waals surface area contributed by atoms with Crippen LogP contribution in [0.15, 0.2) is 66.9 Å². The molecule has 4 rings (SSSR count). The number of halogens is 1. The Labute approximate surface area is 215 Å². The van der Waals surface area contributed by atoms with Crippen LogP contribution < -0.4 is 5.32 Å². The summed E-state index contributed by atoms with van der Waals surface area (Å²) in [5, 5.41) is 2.79. The lowest BCUT2D eigenvalue weighted by molar-refractivity contribution is -0.134. The molecule has 3 aromatic rings. The molecular weight excluding hydrogens is 475 g/mol. The molecule has 2 aromatic carbocycles. The Hall–Kier alpha value is -4.14. The van der Waals surface area contributed by atoms with Crippen molar-refractivity contribution in [1.29, 1.82) is 0 Å². The summed E-state index contributed by atoms with van der Waals surface area (Å²) in [6.45, 7) is 6.46. The molecule has 0 saturated heterocycles. The van der Waals surface area contributed by atoms with Gasteiger partial charge in [0, 0.05) is 42.3 Å². The third-order valence-electron chi connectivity index (χ3n) is 6.40. The third-order valence-corrected chi connectivity index (χ3v) is 6.40. The van der Waals surface area contributed by atoms with Gasteiger partial charge in [0.05, 0.1) is 12.2 Å². The van der Waals surface area contributed by atoms with Gasteiger partial charge in [0.1, 0.15) is 18.4 Å². The van der Waals surface area contributed by atoms with Crippen LogP contribution in [0.1, 0.15) is 48.4 Å². The summed E-state index contributed by atoms with van der Waals surface area (Å²) in [7, 11) is 0. The van der Waals surface area contributed by atoms with Gasteiger partial charge < -0.3 is 24.4 Å². The van der Waals surface area contributed by atoms with Crippen molar-refractivity contribution in [3.63, 3.8) is 0 Å². The van der Waals surface area contributed by atoms with Crippen LogP contribution in [-0.4, -0.2) is 58.0 Å². The van der Waals surface area contributed by atoms with Crippen LogP contribution in [0.3, 0.4) is 0 Å². The maximum Gasteiger partial charge on any atom is 0.338 e. The molecular formula is C28H31FN4O4. The number of carbonyl (C=O) groups is 3. The van der Waals surface area contributed by atoms with Crippen LogP contribution in [0.25, 0.3) is 0 Å². The number of rotatable bonds is 7. The second-order valence-electron chi connectivity index (χ2n) is 9.09. The predicted molar refractivity (Wildman–Crippen MR) is 138 cm³/mol. The van der Waals surface area contributed by atoms with Crippen LogP contribution in [-0.2, 0) is 16.1 Å². The smallest absolute Gasteiger partial charge is 0.338 e. The van der Waals surface area contributed by atoms with E-state index in [0.29, 0.717) is 29.9 Å². The summed E-state index contributed by atoms with van der Waals surface area (Å²) in [5.74, 6) is -1.10. The van der Waals surface area contributed by atoms with Crippen molar-refractivity contribution in [3.05, 3.63) is 89.5 Å². The highest BCUT2D eigenvalue weighted by Crippen LogP contribution is 2.34. The standard InChI is InChI=1S/C28H31FN4O4/c1-4-37-27(35)20-11-13-21(14-12-20)30-28(36)33(19(2)3)18-25(34)32-17-16-31-15-7-10-24(31)26(32)22-8-5-6-9-23(22)29/h5-15,19,26H,4,16-18H2,1-3H3,(H,30,36). The SMILES string of the molecule is CCOC(=O)c1ccc(NC(=O)N(CC(=O)N2CCn3cccc3C2c2ccccc2F)C(C)C)cc1. The number of anilines is 1. The van der Waals surface area contributed by atoms with Gasteiger partial charge in [0.15, 0.2) is 0 Å². The fourth-order valence-electron chi connectivity index (χ4n) is 4.50. The minimum atomic E-state index is -0.593. The Bertz CT molecular complexity index is 1270. The highest BCUT2D eigenvalue weighted by atomic mass is 19.1. The van der Waals surface area contributed by atoms with Crippen LogP contribution >= 0.6 is 0 Å². The molecule has 1 aromatic heterocycles. The van der Waals surface area contributed by atoms with Crippen LogP contribution in [0, 0.1) is 5.82 Å². The van der Waals surface area contributed by atoms with Gasteiger partial charge in [0.25, 0.3) is 0 Å². The minimum Gasteiger partial charge on any atom is -0.462 e. The number of ether oxygens (including phenoxy) is 1. The molecule has 3 amide bonds. The summed E-state index contributed by atoms with van der Waals surface area (Å²) in [6.07, 6.45) is 1.92. The van der Waals surface area contributed by atoms with Gasteiger partial charge in [-0.2, -0.15) is 0 Å². The fraction of sp³-hybridized carbons (Fsp3) is 0.321. The van der Waals surface area contributed by atoms with E-state index in [2.05, 4.69) is 5.32 Å². The van der Waals surface area contributed by atoms with Crippen molar-refractivity contribution in [2.24, 2.45) is 0 Å². The molecule has 1 aliphatic rings. The molecule has 194 valence electrons. The van der Waals surface area contributed by atoms with E-state index >= 15 is 0 Å². The molecule has 0 fully saturated rings. The second kappa shape index (κ2) is 11.3. The Morgan fingerprint density at radius 1 is 1.05 bits per heavy atom. The molecule has 0 aliphatic carbocycles. The summed E-state index contributed by atoms with van der Waals surface area (Å²) >= 11 is 0.